The van der Waals surface area contributed by atoms with Crippen LogP contribution in [0, 0.1) is 16.0 Å². The molecule has 0 saturated carbocycles. The van der Waals surface area contributed by atoms with Crippen molar-refractivity contribution >= 4 is 21.6 Å². The van der Waals surface area contributed by atoms with Gasteiger partial charge >= 0.3 is 6.18 Å². The number of hydrogen-bond acceptors (Lipinski definition) is 5. The van der Waals surface area contributed by atoms with Crippen molar-refractivity contribution in [3.63, 3.8) is 0 Å². The number of nitro benzene ring substituents is 1. The Morgan fingerprint density at radius 3 is 2.35 bits per heavy atom. The van der Waals surface area contributed by atoms with E-state index < -0.39 is 43.5 Å². The molecule has 2 aromatic rings. The molecular formula is C22H24F3N3O5S. The van der Waals surface area contributed by atoms with Crippen LogP contribution in [0.25, 0.3) is 0 Å². The van der Waals surface area contributed by atoms with E-state index in [9.17, 15) is 36.5 Å². The van der Waals surface area contributed by atoms with Crippen LogP contribution in [-0.2, 0) is 21.0 Å². The van der Waals surface area contributed by atoms with Gasteiger partial charge in [-0.15, -0.1) is 0 Å². The zero-order valence-electron chi connectivity index (χ0n) is 18.5. The zero-order valence-corrected chi connectivity index (χ0v) is 19.3. The van der Waals surface area contributed by atoms with E-state index in [2.05, 4.69) is 0 Å². The zero-order chi connectivity index (χ0) is 25.3. The number of carbonyl (C=O) groups is 1. The Morgan fingerprint density at radius 2 is 1.76 bits per heavy atom. The summed E-state index contributed by atoms with van der Waals surface area (Å²) in [6, 6.07) is 9.52. The van der Waals surface area contributed by atoms with Gasteiger partial charge in [0.15, 0.2) is 0 Å². The van der Waals surface area contributed by atoms with Crippen molar-refractivity contribution < 1.29 is 31.3 Å². The van der Waals surface area contributed by atoms with Gasteiger partial charge in [0, 0.05) is 38.2 Å². The molecule has 0 spiro atoms. The van der Waals surface area contributed by atoms with E-state index in [-0.39, 0.29) is 37.5 Å². The molecule has 1 atom stereocenters. The monoisotopic (exact) mass is 499 g/mol. The number of halogens is 3. The smallest absolute Gasteiger partial charge is 0.339 e. The number of amides is 1. The van der Waals surface area contributed by atoms with Crippen molar-refractivity contribution in [2.24, 2.45) is 5.92 Å². The summed E-state index contributed by atoms with van der Waals surface area (Å²) in [4.78, 5) is 24.2. The first-order chi connectivity index (χ1) is 15.8. The highest BCUT2D eigenvalue weighted by atomic mass is 32.2. The lowest BCUT2D eigenvalue weighted by Gasteiger charge is -2.34. The van der Waals surface area contributed by atoms with Crippen LogP contribution in [0.15, 0.2) is 53.4 Å². The maximum Gasteiger partial charge on any atom is 0.417 e. The third-order valence-corrected chi connectivity index (χ3v) is 8.06. The van der Waals surface area contributed by atoms with Crippen molar-refractivity contribution in [2.45, 2.75) is 36.9 Å². The molecule has 0 bridgehead atoms. The van der Waals surface area contributed by atoms with E-state index in [1.807, 2.05) is 0 Å². The van der Waals surface area contributed by atoms with Gasteiger partial charge in [-0.2, -0.15) is 17.5 Å². The molecule has 0 aromatic heterocycles. The minimum Gasteiger partial charge on any atom is -0.339 e. The average molecular weight is 500 g/mol. The molecule has 2 aromatic carbocycles. The van der Waals surface area contributed by atoms with Crippen molar-refractivity contribution in [3.05, 3.63) is 69.8 Å². The number of hydrogen-bond donors (Lipinski definition) is 0. The largest absolute Gasteiger partial charge is 0.417 e. The molecule has 1 unspecified atom stereocenters. The second-order valence-corrected chi connectivity index (χ2v) is 10.1. The topological polar surface area (TPSA) is 101 Å². The number of benzene rings is 2. The van der Waals surface area contributed by atoms with Gasteiger partial charge in [0.05, 0.1) is 21.4 Å². The van der Waals surface area contributed by atoms with Crippen molar-refractivity contribution in [2.75, 3.05) is 20.1 Å². The maximum atomic E-state index is 13.3. The van der Waals surface area contributed by atoms with Crippen LogP contribution in [-0.4, -0.2) is 48.6 Å². The molecule has 1 aliphatic rings. The minimum absolute atomic E-state index is 0.0933. The molecular weight excluding hydrogens is 475 g/mol. The molecule has 184 valence electrons. The summed E-state index contributed by atoms with van der Waals surface area (Å²) in [7, 11) is -2.83. The van der Waals surface area contributed by atoms with E-state index in [1.165, 1.54) is 29.2 Å². The summed E-state index contributed by atoms with van der Waals surface area (Å²) in [6.07, 6.45) is -4.51. The van der Waals surface area contributed by atoms with Gasteiger partial charge in [-0.1, -0.05) is 24.3 Å². The summed E-state index contributed by atoms with van der Waals surface area (Å²) in [5, 5.41) is 11.0. The van der Waals surface area contributed by atoms with Crippen molar-refractivity contribution in [3.8, 4) is 0 Å². The lowest BCUT2D eigenvalue weighted by atomic mass is 9.95. The molecule has 8 nitrogen and oxygen atoms in total. The van der Waals surface area contributed by atoms with E-state index in [1.54, 1.807) is 20.0 Å². The SMILES string of the molecule is CC(c1cccc([N+](=O)[O-])c1)N(C)C(=O)C1CCN(S(=O)(=O)c2ccccc2C(F)(F)F)CC1. The van der Waals surface area contributed by atoms with Crippen LogP contribution in [0.4, 0.5) is 18.9 Å². The predicted octanol–water partition coefficient (Wildman–Crippen LogP) is 4.23. The minimum atomic E-state index is -4.82. The Balaban J connectivity index is 1.70. The molecule has 0 radical (unpaired) electrons. The highest BCUT2D eigenvalue weighted by Crippen LogP contribution is 2.36. The van der Waals surface area contributed by atoms with Gasteiger partial charge in [0.2, 0.25) is 15.9 Å². The van der Waals surface area contributed by atoms with Gasteiger partial charge in [-0.3, -0.25) is 14.9 Å². The summed E-state index contributed by atoms with van der Waals surface area (Å²) in [5.74, 6) is -0.776. The van der Waals surface area contributed by atoms with E-state index in [0.29, 0.717) is 5.56 Å². The fourth-order valence-electron chi connectivity index (χ4n) is 4.01. The quantitative estimate of drug-likeness (QED) is 0.437. The lowest BCUT2D eigenvalue weighted by Crippen LogP contribution is -2.44. The van der Waals surface area contributed by atoms with Crippen LogP contribution < -0.4 is 0 Å². The van der Waals surface area contributed by atoms with Gasteiger partial charge < -0.3 is 4.90 Å². The summed E-state index contributed by atoms with van der Waals surface area (Å²) in [6.45, 7) is 1.54. The Kier molecular flexibility index (Phi) is 7.32. The fourth-order valence-corrected chi connectivity index (χ4v) is 5.69. The second kappa shape index (κ2) is 9.71. The van der Waals surface area contributed by atoms with E-state index in [0.717, 1.165) is 22.5 Å². The third kappa shape index (κ3) is 5.22. The number of nitrogens with zero attached hydrogens (tertiary/aromatic N) is 3. The standard InChI is InChI=1S/C22H24F3N3O5S/c1-15(17-6-5-7-18(14-17)28(30)31)26(2)21(29)16-10-12-27(13-11-16)34(32,33)20-9-4-3-8-19(20)22(23,24)25/h3-9,14-16H,10-13H2,1-2H3. The van der Waals surface area contributed by atoms with Crippen molar-refractivity contribution in [1.29, 1.82) is 0 Å². The van der Waals surface area contributed by atoms with Crippen LogP contribution in [0.1, 0.15) is 36.9 Å². The lowest BCUT2D eigenvalue weighted by molar-refractivity contribution is -0.384. The first-order valence-electron chi connectivity index (χ1n) is 10.5. The number of nitro groups is 1. The van der Waals surface area contributed by atoms with E-state index in [4.69, 9.17) is 0 Å². The average Bonchev–Trinajstić information content (AvgIpc) is 2.82. The van der Waals surface area contributed by atoms with Crippen LogP contribution in [0.5, 0.6) is 0 Å². The molecule has 12 heteroatoms. The Labute approximate surface area is 195 Å². The van der Waals surface area contributed by atoms with Crippen LogP contribution in [0.2, 0.25) is 0 Å². The molecule has 34 heavy (non-hydrogen) atoms. The number of alkyl halides is 3. The molecule has 1 saturated heterocycles. The number of piperidine rings is 1. The summed E-state index contributed by atoms with van der Waals surface area (Å²) < 4.78 is 66.8. The van der Waals surface area contributed by atoms with Gasteiger partial charge in [-0.25, -0.2) is 8.42 Å². The summed E-state index contributed by atoms with van der Waals surface area (Å²) in [5.41, 5.74) is -0.740. The highest BCUT2D eigenvalue weighted by molar-refractivity contribution is 7.89. The first-order valence-corrected chi connectivity index (χ1v) is 12.0. The Bertz CT molecular complexity index is 1180. The van der Waals surface area contributed by atoms with Gasteiger partial charge in [-0.05, 0) is 37.5 Å². The maximum absolute atomic E-state index is 13.3. The molecule has 1 aliphatic heterocycles. The number of carbonyl (C=O) groups excluding carboxylic acids is 1. The molecule has 0 N–H and O–H groups in total. The Morgan fingerprint density at radius 1 is 1.15 bits per heavy atom. The third-order valence-electron chi connectivity index (χ3n) is 6.11. The van der Waals surface area contributed by atoms with Crippen molar-refractivity contribution in [1.82, 2.24) is 9.21 Å². The van der Waals surface area contributed by atoms with Crippen LogP contribution in [0.3, 0.4) is 0 Å². The number of rotatable bonds is 6. The molecule has 1 fully saturated rings. The molecule has 1 heterocycles. The first kappa shape index (κ1) is 25.6. The predicted molar refractivity (Wildman–Crippen MR) is 117 cm³/mol. The molecule has 3 rings (SSSR count). The number of sulfonamides is 1. The van der Waals surface area contributed by atoms with Gasteiger partial charge in [0.1, 0.15) is 0 Å². The summed E-state index contributed by atoms with van der Waals surface area (Å²) >= 11 is 0. The Hall–Kier alpha value is -2.99. The highest BCUT2D eigenvalue weighted by Gasteiger charge is 2.40. The normalized spacial score (nSPS) is 16.7. The molecule has 1 amide bonds. The second-order valence-electron chi connectivity index (χ2n) is 8.15. The molecule has 0 aliphatic carbocycles. The van der Waals surface area contributed by atoms with Gasteiger partial charge in [0.25, 0.3) is 5.69 Å². The van der Waals surface area contributed by atoms with E-state index >= 15 is 0 Å². The number of non-ortho nitro benzene ring substituents is 1. The fraction of sp³-hybridized carbons (Fsp3) is 0.409. The van der Waals surface area contributed by atoms with Crippen LogP contribution >= 0.6 is 0 Å².